The van der Waals surface area contributed by atoms with E-state index in [2.05, 4.69) is 36.2 Å². The first-order valence-electron chi connectivity index (χ1n) is 6.76. The SMILES string of the molecule is Cc1nsc(SC2CC(C(C)(C)C)CCC2C#N)n1. The molecule has 1 fully saturated rings. The topological polar surface area (TPSA) is 49.6 Å². The standard InChI is InChI=1S/C14H21N3S2/c1-9-16-13(19-17-9)18-12-7-11(14(2,3)4)6-5-10(12)8-15/h10-12H,5-7H2,1-4H3. The summed E-state index contributed by atoms with van der Waals surface area (Å²) < 4.78 is 5.24. The molecule has 5 heteroatoms. The monoisotopic (exact) mass is 295 g/mol. The number of nitriles is 1. The third-order valence-corrected chi connectivity index (χ3v) is 6.18. The van der Waals surface area contributed by atoms with Crippen LogP contribution in [0.5, 0.6) is 0 Å². The maximum atomic E-state index is 9.34. The van der Waals surface area contributed by atoms with Crippen LogP contribution >= 0.6 is 23.3 Å². The first kappa shape index (κ1) is 14.8. The quantitative estimate of drug-likeness (QED) is 0.816. The van der Waals surface area contributed by atoms with Crippen LogP contribution in [0.3, 0.4) is 0 Å². The number of hydrogen-bond acceptors (Lipinski definition) is 5. The number of aryl methyl sites for hydroxylation is 1. The Hall–Kier alpha value is -0.600. The zero-order valence-corrected chi connectivity index (χ0v) is 13.6. The number of aromatic nitrogens is 2. The van der Waals surface area contributed by atoms with E-state index in [1.165, 1.54) is 18.0 Å². The van der Waals surface area contributed by atoms with Crippen molar-refractivity contribution in [3.8, 4) is 6.07 Å². The van der Waals surface area contributed by atoms with Crippen molar-refractivity contribution in [3.63, 3.8) is 0 Å². The average molecular weight is 295 g/mol. The molecule has 19 heavy (non-hydrogen) atoms. The van der Waals surface area contributed by atoms with Crippen molar-refractivity contribution in [1.29, 1.82) is 5.26 Å². The van der Waals surface area contributed by atoms with E-state index in [1.54, 1.807) is 11.8 Å². The highest BCUT2D eigenvalue weighted by molar-refractivity contribution is 8.01. The molecule has 3 unspecified atom stereocenters. The Labute approximate surface area is 124 Å². The van der Waals surface area contributed by atoms with Crippen molar-refractivity contribution in [1.82, 2.24) is 9.36 Å². The van der Waals surface area contributed by atoms with Crippen LogP contribution in [-0.4, -0.2) is 14.6 Å². The van der Waals surface area contributed by atoms with Gasteiger partial charge in [-0.05, 0) is 49.1 Å². The molecule has 1 aliphatic carbocycles. The molecule has 3 atom stereocenters. The zero-order valence-electron chi connectivity index (χ0n) is 12.0. The lowest BCUT2D eigenvalue weighted by atomic mass is 9.70. The van der Waals surface area contributed by atoms with Gasteiger partial charge in [0.25, 0.3) is 0 Å². The van der Waals surface area contributed by atoms with Crippen LogP contribution in [0.4, 0.5) is 0 Å². The predicted molar refractivity (Wildman–Crippen MR) is 80.2 cm³/mol. The first-order valence-corrected chi connectivity index (χ1v) is 8.42. The van der Waals surface area contributed by atoms with Crippen LogP contribution in [0.15, 0.2) is 4.34 Å². The van der Waals surface area contributed by atoms with Crippen molar-refractivity contribution >= 4 is 23.3 Å². The minimum atomic E-state index is 0.160. The molecule has 0 bridgehead atoms. The molecule has 1 saturated carbocycles. The summed E-state index contributed by atoms with van der Waals surface area (Å²) in [5, 5.41) is 9.71. The highest BCUT2D eigenvalue weighted by Crippen LogP contribution is 2.45. The molecule has 1 aliphatic rings. The van der Waals surface area contributed by atoms with Crippen molar-refractivity contribution in [2.24, 2.45) is 17.3 Å². The Morgan fingerprint density at radius 2 is 2.11 bits per heavy atom. The molecule has 0 aromatic carbocycles. The van der Waals surface area contributed by atoms with E-state index in [1.807, 2.05) is 6.92 Å². The second-order valence-electron chi connectivity index (χ2n) is 6.38. The number of rotatable bonds is 2. The van der Waals surface area contributed by atoms with Crippen LogP contribution < -0.4 is 0 Å². The van der Waals surface area contributed by atoms with E-state index in [0.717, 1.165) is 23.0 Å². The molecule has 0 spiro atoms. The third kappa shape index (κ3) is 3.70. The molecule has 1 heterocycles. The van der Waals surface area contributed by atoms with E-state index in [0.29, 0.717) is 16.6 Å². The molecular formula is C14H21N3S2. The van der Waals surface area contributed by atoms with Gasteiger partial charge in [-0.15, -0.1) is 0 Å². The van der Waals surface area contributed by atoms with Crippen molar-refractivity contribution in [2.75, 3.05) is 0 Å². The van der Waals surface area contributed by atoms with Crippen LogP contribution in [0.2, 0.25) is 0 Å². The van der Waals surface area contributed by atoms with Gasteiger partial charge in [0.2, 0.25) is 0 Å². The lowest BCUT2D eigenvalue weighted by molar-refractivity contribution is 0.169. The van der Waals surface area contributed by atoms with Gasteiger partial charge < -0.3 is 0 Å². The molecule has 1 aromatic heterocycles. The van der Waals surface area contributed by atoms with E-state index in [-0.39, 0.29) is 5.92 Å². The van der Waals surface area contributed by atoms with Gasteiger partial charge in [-0.25, -0.2) is 4.98 Å². The van der Waals surface area contributed by atoms with Gasteiger partial charge in [0, 0.05) is 5.25 Å². The van der Waals surface area contributed by atoms with Crippen LogP contribution in [0.1, 0.15) is 45.9 Å². The maximum Gasteiger partial charge on any atom is 0.170 e. The Balaban J connectivity index is 2.08. The van der Waals surface area contributed by atoms with Gasteiger partial charge in [0.15, 0.2) is 4.34 Å². The lowest BCUT2D eigenvalue weighted by Gasteiger charge is -2.39. The van der Waals surface area contributed by atoms with E-state index in [4.69, 9.17) is 0 Å². The summed E-state index contributed by atoms with van der Waals surface area (Å²) in [6, 6.07) is 2.49. The van der Waals surface area contributed by atoms with E-state index in [9.17, 15) is 5.26 Å². The van der Waals surface area contributed by atoms with Gasteiger partial charge in [-0.1, -0.05) is 32.5 Å². The Morgan fingerprint density at radius 3 is 2.63 bits per heavy atom. The summed E-state index contributed by atoms with van der Waals surface area (Å²) in [5.74, 6) is 1.70. The summed E-state index contributed by atoms with van der Waals surface area (Å²) in [4.78, 5) is 4.42. The van der Waals surface area contributed by atoms with Crippen molar-refractivity contribution < 1.29 is 0 Å². The second-order valence-corrected chi connectivity index (χ2v) is 8.61. The van der Waals surface area contributed by atoms with Gasteiger partial charge in [-0.3, -0.25) is 0 Å². The summed E-state index contributed by atoms with van der Waals surface area (Å²) in [7, 11) is 0. The molecule has 0 radical (unpaired) electrons. The Morgan fingerprint density at radius 1 is 1.37 bits per heavy atom. The number of thioether (sulfide) groups is 1. The highest BCUT2D eigenvalue weighted by Gasteiger charge is 2.36. The lowest BCUT2D eigenvalue weighted by Crippen LogP contribution is -2.32. The third-order valence-electron chi connectivity index (χ3n) is 3.94. The van der Waals surface area contributed by atoms with Crippen LogP contribution in [-0.2, 0) is 0 Å². The minimum absolute atomic E-state index is 0.160. The first-order chi connectivity index (χ1) is 8.90. The summed E-state index contributed by atoms with van der Waals surface area (Å²) in [6.07, 6.45) is 3.31. The molecule has 2 rings (SSSR count). The van der Waals surface area contributed by atoms with Gasteiger partial charge in [-0.2, -0.15) is 9.64 Å². The Kier molecular flexibility index (Phi) is 4.52. The van der Waals surface area contributed by atoms with Gasteiger partial charge in [0.05, 0.1) is 12.0 Å². The molecule has 0 N–H and O–H groups in total. The van der Waals surface area contributed by atoms with E-state index >= 15 is 0 Å². The highest BCUT2D eigenvalue weighted by atomic mass is 32.2. The molecular weight excluding hydrogens is 274 g/mol. The fraction of sp³-hybridized carbons (Fsp3) is 0.786. The van der Waals surface area contributed by atoms with Crippen LogP contribution in [0, 0.1) is 35.5 Å². The zero-order chi connectivity index (χ0) is 14.0. The van der Waals surface area contributed by atoms with Gasteiger partial charge >= 0.3 is 0 Å². The molecule has 0 amide bonds. The molecule has 104 valence electrons. The maximum absolute atomic E-state index is 9.34. The molecule has 0 saturated heterocycles. The average Bonchev–Trinajstić information content (AvgIpc) is 2.73. The summed E-state index contributed by atoms with van der Waals surface area (Å²) in [5.41, 5.74) is 0.330. The van der Waals surface area contributed by atoms with Crippen molar-refractivity contribution in [3.05, 3.63) is 5.82 Å². The predicted octanol–water partition coefficient (Wildman–Crippen LogP) is 4.29. The number of nitrogens with zero attached hydrogens (tertiary/aromatic N) is 3. The summed E-state index contributed by atoms with van der Waals surface area (Å²) >= 11 is 3.22. The van der Waals surface area contributed by atoms with Crippen LogP contribution in [0.25, 0.3) is 0 Å². The Bertz CT molecular complexity index is 470. The van der Waals surface area contributed by atoms with Gasteiger partial charge in [0.1, 0.15) is 5.82 Å². The molecule has 0 aliphatic heterocycles. The number of hydrogen-bond donors (Lipinski definition) is 0. The molecule has 1 aromatic rings. The molecule has 3 nitrogen and oxygen atoms in total. The smallest absolute Gasteiger partial charge is 0.170 e. The summed E-state index contributed by atoms with van der Waals surface area (Å²) in [6.45, 7) is 8.84. The van der Waals surface area contributed by atoms with Crippen molar-refractivity contribution in [2.45, 2.75) is 56.5 Å². The van der Waals surface area contributed by atoms with E-state index < -0.39 is 0 Å². The fourth-order valence-corrected chi connectivity index (χ4v) is 4.86. The fourth-order valence-electron chi connectivity index (χ4n) is 2.65. The minimum Gasteiger partial charge on any atom is -0.213 e. The second kappa shape index (κ2) is 5.80. The normalized spacial score (nSPS) is 28.1. The largest absolute Gasteiger partial charge is 0.213 e.